The van der Waals surface area contributed by atoms with Crippen LogP contribution < -0.4 is 5.73 Å². The van der Waals surface area contributed by atoms with Gasteiger partial charge < -0.3 is 10.2 Å². The fraction of sp³-hybridized carbons (Fsp3) is 0.417. The molecular weight excluding hydrogens is 236 g/mol. The number of para-hydroxylation sites is 1. The van der Waals surface area contributed by atoms with E-state index in [1.54, 1.807) is 6.07 Å². The summed E-state index contributed by atoms with van der Waals surface area (Å²) < 4.78 is 17.4. The molecule has 0 aliphatic rings. The van der Waals surface area contributed by atoms with Crippen molar-refractivity contribution in [2.24, 2.45) is 0 Å². The third-order valence-corrected chi connectivity index (χ3v) is 4.55. The summed E-state index contributed by atoms with van der Waals surface area (Å²) in [6.07, 6.45) is 0.884. The van der Waals surface area contributed by atoms with Gasteiger partial charge in [0.1, 0.15) is 11.3 Å². The number of hydrogen-bond donors (Lipinski definition) is 1. The van der Waals surface area contributed by atoms with Crippen LogP contribution in [0.3, 0.4) is 0 Å². The number of aromatic nitrogens is 1. The van der Waals surface area contributed by atoms with Crippen LogP contribution in [0.5, 0.6) is 0 Å². The summed E-state index contributed by atoms with van der Waals surface area (Å²) >= 11 is 0. The van der Waals surface area contributed by atoms with E-state index in [9.17, 15) is 4.21 Å². The summed E-state index contributed by atoms with van der Waals surface area (Å²) in [7, 11) is -0.946. The van der Waals surface area contributed by atoms with Crippen LogP contribution in [0.25, 0.3) is 11.1 Å². The van der Waals surface area contributed by atoms with Crippen LogP contribution in [0.1, 0.15) is 26.2 Å². The van der Waals surface area contributed by atoms with Gasteiger partial charge in [-0.25, -0.2) is 4.98 Å². The average Bonchev–Trinajstić information content (AvgIpc) is 2.72. The molecule has 2 unspecified atom stereocenters. The zero-order chi connectivity index (χ0) is 12.4. The number of nitrogens with two attached hydrogens (primary N) is 1. The maximum atomic E-state index is 11.9. The minimum atomic E-state index is -0.946. The van der Waals surface area contributed by atoms with E-state index in [4.69, 9.17) is 10.2 Å². The Kier molecular flexibility index (Phi) is 3.47. The molecule has 2 rings (SSSR count). The van der Waals surface area contributed by atoms with Crippen LogP contribution in [0.2, 0.25) is 0 Å². The third kappa shape index (κ3) is 2.49. The molecule has 0 aliphatic heterocycles. The number of nitrogen functional groups attached to an aromatic ring is 1. The second kappa shape index (κ2) is 4.87. The van der Waals surface area contributed by atoms with E-state index >= 15 is 0 Å². The largest absolute Gasteiger partial charge is 0.440 e. The molecule has 92 valence electrons. The molecule has 2 N–H and O–H groups in total. The lowest BCUT2D eigenvalue weighted by molar-refractivity contribution is 0.551. The van der Waals surface area contributed by atoms with Crippen LogP contribution >= 0.6 is 0 Å². The van der Waals surface area contributed by atoms with Crippen molar-refractivity contribution in [2.45, 2.75) is 31.3 Å². The molecule has 5 heteroatoms. The molecule has 0 aliphatic carbocycles. The first kappa shape index (κ1) is 12.1. The second-order valence-electron chi connectivity index (χ2n) is 4.05. The van der Waals surface area contributed by atoms with Crippen molar-refractivity contribution in [3.8, 4) is 0 Å². The van der Waals surface area contributed by atoms with Crippen LogP contribution in [0.4, 0.5) is 5.69 Å². The van der Waals surface area contributed by atoms with Gasteiger partial charge in [-0.15, -0.1) is 0 Å². The Labute approximate surface area is 103 Å². The van der Waals surface area contributed by atoms with Crippen molar-refractivity contribution in [3.63, 3.8) is 0 Å². The Morgan fingerprint density at radius 1 is 1.53 bits per heavy atom. The number of oxazole rings is 1. The van der Waals surface area contributed by atoms with E-state index in [2.05, 4.69) is 4.98 Å². The van der Waals surface area contributed by atoms with E-state index in [-0.39, 0.29) is 5.25 Å². The minimum Gasteiger partial charge on any atom is -0.440 e. The molecule has 2 atom stereocenters. The lowest BCUT2D eigenvalue weighted by Crippen LogP contribution is -2.11. The highest BCUT2D eigenvalue weighted by molar-refractivity contribution is 7.84. The first-order valence-corrected chi connectivity index (χ1v) is 7.01. The first-order valence-electron chi connectivity index (χ1n) is 5.63. The molecule has 1 heterocycles. The van der Waals surface area contributed by atoms with Crippen LogP contribution in [0, 0.1) is 0 Å². The molecule has 1 aromatic heterocycles. The van der Waals surface area contributed by atoms with Crippen molar-refractivity contribution in [1.29, 1.82) is 0 Å². The number of nitrogens with zero attached hydrogens (tertiary/aromatic N) is 1. The van der Waals surface area contributed by atoms with Crippen molar-refractivity contribution in [1.82, 2.24) is 4.98 Å². The Hall–Kier alpha value is -1.36. The van der Waals surface area contributed by atoms with Gasteiger partial charge in [0.2, 0.25) is 5.89 Å². The highest BCUT2D eigenvalue weighted by Crippen LogP contribution is 2.22. The molecule has 0 fully saturated rings. The Balaban J connectivity index is 2.26. The summed E-state index contributed by atoms with van der Waals surface area (Å²) in [6.45, 7) is 3.99. The van der Waals surface area contributed by atoms with Crippen molar-refractivity contribution in [2.75, 3.05) is 5.73 Å². The Morgan fingerprint density at radius 3 is 2.94 bits per heavy atom. The molecule has 0 saturated carbocycles. The molecule has 0 spiro atoms. The summed E-state index contributed by atoms with van der Waals surface area (Å²) in [5.41, 5.74) is 7.69. The van der Waals surface area contributed by atoms with Gasteiger partial charge in [-0.05, 0) is 18.6 Å². The highest BCUT2D eigenvalue weighted by atomic mass is 32.2. The van der Waals surface area contributed by atoms with Crippen molar-refractivity contribution >= 4 is 27.6 Å². The lowest BCUT2D eigenvalue weighted by atomic mass is 10.3. The van der Waals surface area contributed by atoms with E-state index in [0.29, 0.717) is 28.4 Å². The average molecular weight is 252 g/mol. The molecule has 4 nitrogen and oxygen atoms in total. The predicted molar refractivity (Wildman–Crippen MR) is 70.0 cm³/mol. The zero-order valence-electron chi connectivity index (χ0n) is 9.97. The van der Waals surface area contributed by atoms with E-state index in [1.807, 2.05) is 26.0 Å². The first-order chi connectivity index (χ1) is 8.11. The molecule has 0 bridgehead atoms. The highest BCUT2D eigenvalue weighted by Gasteiger charge is 2.14. The fourth-order valence-corrected chi connectivity index (χ4v) is 2.55. The van der Waals surface area contributed by atoms with Crippen LogP contribution in [-0.4, -0.2) is 14.4 Å². The number of rotatable bonds is 4. The Morgan fingerprint density at radius 2 is 2.29 bits per heavy atom. The maximum absolute atomic E-state index is 11.9. The standard InChI is InChI=1S/C12H16N2O2S/c1-3-8(2)17(15)7-11-14-12-9(13)5-4-6-10(12)16-11/h4-6,8H,3,7,13H2,1-2H3. The monoisotopic (exact) mass is 252 g/mol. The van der Waals surface area contributed by atoms with Crippen molar-refractivity contribution < 1.29 is 8.63 Å². The lowest BCUT2D eigenvalue weighted by Gasteiger charge is -2.05. The summed E-state index contributed by atoms with van der Waals surface area (Å²) in [4.78, 5) is 4.28. The van der Waals surface area contributed by atoms with Gasteiger partial charge in [0.05, 0.1) is 5.69 Å². The molecule has 0 radical (unpaired) electrons. The van der Waals surface area contributed by atoms with Gasteiger partial charge in [-0.2, -0.15) is 0 Å². The van der Waals surface area contributed by atoms with Gasteiger partial charge in [-0.1, -0.05) is 19.9 Å². The molecule has 17 heavy (non-hydrogen) atoms. The van der Waals surface area contributed by atoms with Gasteiger partial charge >= 0.3 is 0 Å². The number of hydrogen-bond acceptors (Lipinski definition) is 4. The minimum absolute atomic E-state index is 0.155. The normalized spacial score (nSPS) is 14.9. The molecule has 0 amide bonds. The van der Waals surface area contributed by atoms with Crippen molar-refractivity contribution in [3.05, 3.63) is 24.1 Å². The number of benzene rings is 1. The molecular formula is C12H16N2O2S. The smallest absolute Gasteiger partial charge is 0.208 e. The molecule has 2 aromatic rings. The summed E-state index contributed by atoms with van der Waals surface area (Å²) in [6, 6.07) is 5.41. The van der Waals surface area contributed by atoms with E-state index in [1.165, 1.54) is 0 Å². The number of anilines is 1. The quantitative estimate of drug-likeness (QED) is 0.849. The topological polar surface area (TPSA) is 69.1 Å². The zero-order valence-corrected chi connectivity index (χ0v) is 10.8. The summed E-state index contributed by atoms with van der Waals surface area (Å²) in [5.74, 6) is 0.847. The maximum Gasteiger partial charge on any atom is 0.208 e. The van der Waals surface area contributed by atoms with Crippen LogP contribution in [0.15, 0.2) is 22.6 Å². The number of fused-ring (bicyclic) bond motifs is 1. The SMILES string of the molecule is CCC(C)S(=O)Cc1nc2c(N)cccc2o1. The van der Waals surface area contributed by atoms with E-state index in [0.717, 1.165) is 6.42 Å². The van der Waals surface area contributed by atoms with Crippen LogP contribution in [-0.2, 0) is 16.6 Å². The molecule has 1 aromatic carbocycles. The fourth-order valence-electron chi connectivity index (χ4n) is 1.53. The third-order valence-electron chi connectivity index (χ3n) is 2.78. The predicted octanol–water partition coefficient (Wildman–Crippen LogP) is 2.46. The molecule has 0 saturated heterocycles. The van der Waals surface area contributed by atoms with Gasteiger partial charge in [0.15, 0.2) is 5.58 Å². The van der Waals surface area contributed by atoms with Gasteiger partial charge in [0.25, 0.3) is 0 Å². The van der Waals surface area contributed by atoms with Gasteiger partial charge in [-0.3, -0.25) is 4.21 Å². The van der Waals surface area contributed by atoms with Gasteiger partial charge in [0, 0.05) is 16.0 Å². The van der Waals surface area contributed by atoms with E-state index < -0.39 is 10.8 Å². The summed E-state index contributed by atoms with van der Waals surface area (Å²) in [5, 5.41) is 0.155. The Bertz CT molecular complexity index is 550. The second-order valence-corrected chi connectivity index (χ2v) is 5.90.